The van der Waals surface area contributed by atoms with Crippen LogP contribution in [0.4, 0.5) is 0 Å². The van der Waals surface area contributed by atoms with Gasteiger partial charge in [-0.05, 0) is 19.8 Å². The molecule has 0 aliphatic heterocycles. The number of hydrogen-bond acceptors (Lipinski definition) is 1. The Bertz CT molecular complexity index is 116. The molecule has 0 bridgehead atoms. The number of Topliss-reactive ketones (excluding diaryl/α,β-unsaturated/α-hetero) is 1. The molecule has 0 N–H and O–H groups in total. The summed E-state index contributed by atoms with van der Waals surface area (Å²) in [6.07, 6.45) is 3.49. The fraction of sp³-hybridized carbons (Fsp3) is 0.857. The second-order valence-corrected chi connectivity index (χ2v) is 4.02. The second-order valence-electron chi connectivity index (χ2n) is 2.65. The first-order valence-corrected chi connectivity index (χ1v) is 4.31. The molecule has 0 radical (unpaired) electrons. The quantitative estimate of drug-likeness (QED) is 0.611. The third-order valence-corrected chi connectivity index (χ3v) is 2.35. The number of ketones is 1. The Hall–Kier alpha value is 0.150. The lowest BCUT2D eigenvalue weighted by atomic mass is 9.81. The first-order valence-electron chi connectivity index (χ1n) is 3.39. The molecule has 52 valence electrons. The Morgan fingerprint density at radius 3 is 2.33 bits per heavy atom. The van der Waals surface area contributed by atoms with Crippen LogP contribution in [-0.2, 0) is 4.79 Å². The van der Waals surface area contributed by atoms with Crippen molar-refractivity contribution in [1.82, 2.24) is 0 Å². The molecule has 1 fully saturated rings. The van der Waals surface area contributed by atoms with E-state index >= 15 is 0 Å². The summed E-state index contributed by atoms with van der Waals surface area (Å²) in [5.74, 6) is 0.778. The van der Waals surface area contributed by atoms with Crippen molar-refractivity contribution in [3.63, 3.8) is 0 Å². The van der Waals surface area contributed by atoms with Gasteiger partial charge in [-0.25, -0.2) is 0 Å². The van der Waals surface area contributed by atoms with E-state index in [1.165, 1.54) is 6.42 Å². The summed E-state index contributed by atoms with van der Waals surface area (Å²) in [4.78, 5) is 11.2. The maximum atomic E-state index is 11.1. The van der Waals surface area contributed by atoms with Crippen LogP contribution in [0.3, 0.4) is 0 Å². The highest BCUT2D eigenvalue weighted by molar-refractivity contribution is 9.10. The first kappa shape index (κ1) is 7.26. The van der Waals surface area contributed by atoms with Gasteiger partial charge in [0, 0.05) is 5.92 Å². The van der Waals surface area contributed by atoms with Gasteiger partial charge in [0.1, 0.15) is 5.78 Å². The average Bonchev–Trinajstić information content (AvgIpc) is 1.60. The van der Waals surface area contributed by atoms with Crippen LogP contribution in [-0.4, -0.2) is 10.6 Å². The maximum Gasteiger partial charge on any atom is 0.149 e. The van der Waals surface area contributed by atoms with Crippen LogP contribution in [0, 0.1) is 5.92 Å². The molecule has 0 aromatic heterocycles. The fourth-order valence-electron chi connectivity index (χ4n) is 1.02. The van der Waals surface area contributed by atoms with Gasteiger partial charge in [-0.2, -0.15) is 0 Å². The van der Waals surface area contributed by atoms with Gasteiger partial charge in [0.05, 0.1) is 4.83 Å². The Morgan fingerprint density at radius 2 is 2.22 bits per heavy atom. The summed E-state index contributed by atoms with van der Waals surface area (Å²) >= 11 is 3.27. The highest BCUT2D eigenvalue weighted by Gasteiger charge is 2.27. The molecule has 0 amide bonds. The van der Waals surface area contributed by atoms with Gasteiger partial charge in [0.15, 0.2) is 0 Å². The maximum absolute atomic E-state index is 11.1. The Balaban J connectivity index is 2.32. The Labute approximate surface area is 64.0 Å². The van der Waals surface area contributed by atoms with Crippen LogP contribution in [0.25, 0.3) is 0 Å². The molecule has 0 aromatic rings. The largest absolute Gasteiger partial charge is 0.298 e. The molecular weight excluding hydrogens is 180 g/mol. The van der Waals surface area contributed by atoms with Crippen LogP contribution < -0.4 is 0 Å². The topological polar surface area (TPSA) is 17.1 Å². The molecule has 1 nitrogen and oxygen atoms in total. The predicted molar refractivity (Wildman–Crippen MR) is 40.7 cm³/mol. The molecule has 1 atom stereocenters. The number of carbonyl (C=O) groups excluding carboxylic acids is 1. The van der Waals surface area contributed by atoms with Crippen molar-refractivity contribution in [1.29, 1.82) is 0 Å². The smallest absolute Gasteiger partial charge is 0.149 e. The van der Waals surface area contributed by atoms with Crippen LogP contribution in [0.2, 0.25) is 0 Å². The van der Waals surface area contributed by atoms with Gasteiger partial charge in [-0.1, -0.05) is 22.4 Å². The molecule has 1 aliphatic carbocycles. The van der Waals surface area contributed by atoms with Crippen LogP contribution in [0.5, 0.6) is 0 Å². The van der Waals surface area contributed by atoms with E-state index in [9.17, 15) is 4.79 Å². The van der Waals surface area contributed by atoms with Crippen LogP contribution in [0.1, 0.15) is 26.2 Å². The lowest BCUT2D eigenvalue weighted by Crippen LogP contribution is -2.27. The fourth-order valence-corrected chi connectivity index (χ4v) is 1.39. The minimum absolute atomic E-state index is 0.0720. The molecule has 1 rings (SSSR count). The van der Waals surface area contributed by atoms with Crippen molar-refractivity contribution in [2.75, 3.05) is 0 Å². The van der Waals surface area contributed by atoms with Crippen molar-refractivity contribution >= 4 is 21.7 Å². The van der Waals surface area contributed by atoms with E-state index in [0.29, 0.717) is 11.7 Å². The summed E-state index contributed by atoms with van der Waals surface area (Å²) < 4.78 is 0. The van der Waals surface area contributed by atoms with E-state index in [4.69, 9.17) is 0 Å². The molecule has 0 spiro atoms. The number of hydrogen-bond donors (Lipinski definition) is 0. The van der Waals surface area contributed by atoms with Gasteiger partial charge >= 0.3 is 0 Å². The first-order chi connectivity index (χ1) is 4.22. The van der Waals surface area contributed by atoms with Crippen molar-refractivity contribution in [3.05, 3.63) is 0 Å². The standard InChI is InChI=1S/C7H11BrO/c1-5(8)7(9)6-3-2-4-6/h5-6H,2-4H2,1H3. The molecule has 0 aromatic carbocycles. The lowest BCUT2D eigenvalue weighted by Gasteiger charge is -2.24. The second kappa shape index (κ2) is 2.82. The van der Waals surface area contributed by atoms with Gasteiger partial charge in [0.2, 0.25) is 0 Å². The molecule has 2 heteroatoms. The summed E-state index contributed by atoms with van der Waals surface area (Å²) in [6.45, 7) is 1.90. The summed E-state index contributed by atoms with van der Waals surface area (Å²) in [5, 5.41) is 0. The van der Waals surface area contributed by atoms with Crippen LogP contribution in [0.15, 0.2) is 0 Å². The van der Waals surface area contributed by atoms with Gasteiger partial charge in [-0.15, -0.1) is 0 Å². The zero-order valence-electron chi connectivity index (χ0n) is 5.56. The van der Waals surface area contributed by atoms with E-state index in [2.05, 4.69) is 15.9 Å². The highest BCUT2D eigenvalue weighted by atomic mass is 79.9. The van der Waals surface area contributed by atoms with E-state index in [-0.39, 0.29) is 4.83 Å². The summed E-state index contributed by atoms with van der Waals surface area (Å²) in [6, 6.07) is 0. The number of halogens is 1. The molecule has 0 heterocycles. The van der Waals surface area contributed by atoms with E-state index in [0.717, 1.165) is 12.8 Å². The predicted octanol–water partition coefficient (Wildman–Crippen LogP) is 2.14. The molecular formula is C7H11BrO. The summed E-state index contributed by atoms with van der Waals surface area (Å²) in [5.41, 5.74) is 0. The Morgan fingerprint density at radius 1 is 1.67 bits per heavy atom. The van der Waals surface area contributed by atoms with E-state index in [1.807, 2.05) is 6.92 Å². The highest BCUT2D eigenvalue weighted by Crippen LogP contribution is 2.29. The molecule has 1 aliphatic rings. The van der Waals surface area contributed by atoms with Crippen molar-refractivity contribution in [2.45, 2.75) is 31.0 Å². The average molecular weight is 191 g/mol. The third-order valence-electron chi connectivity index (χ3n) is 1.90. The van der Waals surface area contributed by atoms with E-state index < -0.39 is 0 Å². The van der Waals surface area contributed by atoms with Crippen LogP contribution >= 0.6 is 15.9 Å². The number of rotatable bonds is 2. The van der Waals surface area contributed by atoms with Crippen molar-refractivity contribution < 1.29 is 4.79 Å². The Kier molecular flexibility index (Phi) is 2.28. The van der Waals surface area contributed by atoms with Crippen molar-refractivity contribution in [2.24, 2.45) is 5.92 Å². The number of alkyl halides is 1. The van der Waals surface area contributed by atoms with Crippen molar-refractivity contribution in [3.8, 4) is 0 Å². The zero-order valence-corrected chi connectivity index (χ0v) is 7.15. The molecule has 1 saturated carbocycles. The zero-order chi connectivity index (χ0) is 6.85. The monoisotopic (exact) mass is 190 g/mol. The molecule has 1 unspecified atom stereocenters. The third kappa shape index (κ3) is 1.54. The van der Waals surface area contributed by atoms with Gasteiger partial charge in [-0.3, -0.25) is 4.79 Å². The molecule has 0 saturated heterocycles. The lowest BCUT2D eigenvalue weighted by molar-refractivity contribution is -0.124. The minimum atomic E-state index is 0.0720. The normalized spacial score (nSPS) is 22.9. The SMILES string of the molecule is CC(Br)C(=O)C1CCC1. The van der Waals surface area contributed by atoms with Gasteiger partial charge < -0.3 is 0 Å². The molecule has 9 heavy (non-hydrogen) atoms. The van der Waals surface area contributed by atoms with E-state index in [1.54, 1.807) is 0 Å². The van der Waals surface area contributed by atoms with Gasteiger partial charge in [0.25, 0.3) is 0 Å². The minimum Gasteiger partial charge on any atom is -0.298 e. The summed E-state index contributed by atoms with van der Waals surface area (Å²) in [7, 11) is 0. The number of carbonyl (C=O) groups is 1.